The van der Waals surface area contributed by atoms with Gasteiger partial charge in [0.2, 0.25) is 5.91 Å². The minimum atomic E-state index is -3.72. The number of halogens is 1. The number of fused-ring (bicyclic) bond motifs is 1. The third-order valence-corrected chi connectivity index (χ3v) is 6.57. The molecule has 1 unspecified atom stereocenters. The topological polar surface area (TPSA) is 57.7 Å². The number of hydrogen-bond donors (Lipinski definition) is 0. The zero-order valence-electron chi connectivity index (χ0n) is 14.2. The molecule has 1 atom stereocenters. The van der Waals surface area contributed by atoms with Gasteiger partial charge in [0.1, 0.15) is 0 Å². The standard InChI is InChI=1S/C18H19BrN2O3S/c1-12-4-7-16(8-5-12)25(23,24)20-11-13(2)21(14(3)22)17-9-6-15(19)10-18(17)20/h4-10,13H,11H2,1-3H3. The number of carbonyl (C=O) groups is 1. The van der Waals surface area contributed by atoms with E-state index in [0.717, 1.165) is 10.0 Å². The predicted octanol–water partition coefficient (Wildman–Crippen LogP) is 3.71. The van der Waals surface area contributed by atoms with Crippen LogP contribution in [0.25, 0.3) is 0 Å². The Morgan fingerprint density at radius 2 is 1.76 bits per heavy atom. The summed E-state index contributed by atoms with van der Waals surface area (Å²) in [5, 5.41) is 0. The van der Waals surface area contributed by atoms with Crippen molar-refractivity contribution in [2.75, 3.05) is 15.7 Å². The summed E-state index contributed by atoms with van der Waals surface area (Å²) in [6.45, 7) is 5.46. The van der Waals surface area contributed by atoms with Gasteiger partial charge < -0.3 is 4.90 Å². The zero-order chi connectivity index (χ0) is 18.4. The second-order valence-corrected chi connectivity index (χ2v) is 9.00. The van der Waals surface area contributed by atoms with Crippen LogP contribution in [0.15, 0.2) is 51.8 Å². The van der Waals surface area contributed by atoms with E-state index in [9.17, 15) is 13.2 Å². The second-order valence-electron chi connectivity index (χ2n) is 6.22. The van der Waals surface area contributed by atoms with E-state index in [0.29, 0.717) is 11.4 Å². The zero-order valence-corrected chi connectivity index (χ0v) is 16.6. The first-order valence-corrected chi connectivity index (χ1v) is 10.1. The molecule has 0 saturated heterocycles. The lowest BCUT2D eigenvalue weighted by molar-refractivity contribution is -0.117. The molecule has 0 spiro atoms. The van der Waals surface area contributed by atoms with Crippen LogP contribution in [0.4, 0.5) is 11.4 Å². The number of amides is 1. The minimum Gasteiger partial charge on any atom is -0.306 e. The highest BCUT2D eigenvalue weighted by molar-refractivity contribution is 9.10. The number of rotatable bonds is 2. The maximum absolute atomic E-state index is 13.2. The number of hydrogen-bond acceptors (Lipinski definition) is 3. The molecule has 0 bridgehead atoms. The first-order chi connectivity index (χ1) is 11.7. The van der Waals surface area contributed by atoms with Crippen LogP contribution in [-0.2, 0) is 14.8 Å². The summed E-state index contributed by atoms with van der Waals surface area (Å²) in [5.41, 5.74) is 2.10. The van der Waals surface area contributed by atoms with Crippen LogP contribution < -0.4 is 9.21 Å². The summed E-state index contributed by atoms with van der Waals surface area (Å²) in [5.74, 6) is -0.108. The van der Waals surface area contributed by atoms with Crippen LogP contribution >= 0.6 is 15.9 Å². The Kier molecular flexibility index (Phi) is 4.64. The maximum Gasteiger partial charge on any atom is 0.264 e. The fourth-order valence-electron chi connectivity index (χ4n) is 3.10. The fraction of sp³-hybridized carbons (Fsp3) is 0.278. The van der Waals surface area contributed by atoms with E-state index in [1.807, 2.05) is 19.9 Å². The predicted molar refractivity (Wildman–Crippen MR) is 102 cm³/mol. The molecule has 5 nitrogen and oxygen atoms in total. The molecule has 25 heavy (non-hydrogen) atoms. The highest BCUT2D eigenvalue weighted by Gasteiger charge is 2.37. The second kappa shape index (κ2) is 6.46. The molecule has 1 aliphatic heterocycles. The Hall–Kier alpha value is -1.86. The van der Waals surface area contributed by atoms with Crippen LogP contribution in [0.1, 0.15) is 19.4 Å². The first-order valence-electron chi connectivity index (χ1n) is 7.90. The van der Waals surface area contributed by atoms with Crippen molar-refractivity contribution in [3.05, 3.63) is 52.5 Å². The van der Waals surface area contributed by atoms with E-state index in [1.54, 1.807) is 41.3 Å². The molecule has 1 heterocycles. The number of sulfonamides is 1. The van der Waals surface area contributed by atoms with Crippen molar-refractivity contribution in [3.8, 4) is 0 Å². The van der Waals surface area contributed by atoms with Crippen LogP contribution in [0.5, 0.6) is 0 Å². The molecule has 1 aliphatic rings. The monoisotopic (exact) mass is 422 g/mol. The third kappa shape index (κ3) is 3.18. The van der Waals surface area contributed by atoms with E-state index < -0.39 is 10.0 Å². The smallest absolute Gasteiger partial charge is 0.264 e. The quantitative estimate of drug-likeness (QED) is 0.740. The van der Waals surface area contributed by atoms with Gasteiger partial charge in [0, 0.05) is 11.4 Å². The van der Waals surface area contributed by atoms with E-state index in [2.05, 4.69) is 15.9 Å². The Bertz CT molecular complexity index is 926. The van der Waals surface area contributed by atoms with Crippen molar-refractivity contribution in [1.82, 2.24) is 0 Å². The van der Waals surface area contributed by atoms with Gasteiger partial charge in [-0.1, -0.05) is 33.6 Å². The lowest BCUT2D eigenvalue weighted by atomic mass is 10.1. The van der Waals surface area contributed by atoms with Gasteiger partial charge >= 0.3 is 0 Å². The summed E-state index contributed by atoms with van der Waals surface area (Å²) in [4.78, 5) is 14.0. The van der Waals surface area contributed by atoms with Gasteiger partial charge in [0.15, 0.2) is 0 Å². The molecule has 2 aromatic rings. The highest BCUT2D eigenvalue weighted by atomic mass is 79.9. The number of anilines is 2. The molecule has 0 aromatic heterocycles. The van der Waals surface area contributed by atoms with Gasteiger partial charge in [-0.25, -0.2) is 8.42 Å². The van der Waals surface area contributed by atoms with Gasteiger partial charge in [-0.05, 0) is 44.2 Å². The summed E-state index contributed by atoms with van der Waals surface area (Å²) in [6.07, 6.45) is 0. The van der Waals surface area contributed by atoms with Gasteiger partial charge in [0.25, 0.3) is 10.0 Å². The van der Waals surface area contributed by atoms with Gasteiger partial charge in [-0.3, -0.25) is 9.10 Å². The van der Waals surface area contributed by atoms with Crippen LogP contribution in [0.2, 0.25) is 0 Å². The molecular weight excluding hydrogens is 404 g/mol. The summed E-state index contributed by atoms with van der Waals surface area (Å²) in [7, 11) is -3.72. The molecule has 1 amide bonds. The summed E-state index contributed by atoms with van der Waals surface area (Å²) < 4.78 is 28.6. The first kappa shape index (κ1) is 17.9. The normalized spacial score (nSPS) is 17.4. The van der Waals surface area contributed by atoms with E-state index in [4.69, 9.17) is 0 Å². The summed E-state index contributed by atoms with van der Waals surface area (Å²) in [6, 6.07) is 11.9. The largest absolute Gasteiger partial charge is 0.306 e. The van der Waals surface area contributed by atoms with Crippen molar-refractivity contribution in [3.63, 3.8) is 0 Å². The Labute approximate surface area is 156 Å². The number of benzene rings is 2. The van der Waals surface area contributed by atoms with Gasteiger partial charge in [-0.15, -0.1) is 0 Å². The Morgan fingerprint density at radius 1 is 1.12 bits per heavy atom. The minimum absolute atomic E-state index is 0.108. The van der Waals surface area contributed by atoms with Crippen molar-refractivity contribution in [1.29, 1.82) is 0 Å². The van der Waals surface area contributed by atoms with Crippen LogP contribution in [0, 0.1) is 6.92 Å². The van der Waals surface area contributed by atoms with Gasteiger partial charge in [-0.2, -0.15) is 0 Å². The molecule has 2 aromatic carbocycles. The van der Waals surface area contributed by atoms with Crippen LogP contribution in [0.3, 0.4) is 0 Å². The molecule has 0 fully saturated rings. The van der Waals surface area contributed by atoms with Crippen LogP contribution in [-0.4, -0.2) is 26.9 Å². The molecule has 3 rings (SSSR count). The molecule has 0 N–H and O–H groups in total. The number of aryl methyl sites for hydroxylation is 1. The Balaban J connectivity index is 2.17. The molecule has 0 saturated carbocycles. The Morgan fingerprint density at radius 3 is 2.36 bits per heavy atom. The summed E-state index contributed by atoms with van der Waals surface area (Å²) >= 11 is 3.40. The van der Waals surface area contributed by atoms with Gasteiger partial charge in [0.05, 0.1) is 28.9 Å². The van der Waals surface area contributed by atoms with Crippen molar-refractivity contribution < 1.29 is 13.2 Å². The fourth-order valence-corrected chi connectivity index (χ4v) is 5.00. The molecule has 132 valence electrons. The van der Waals surface area contributed by atoms with Crippen molar-refractivity contribution in [2.45, 2.75) is 31.7 Å². The van der Waals surface area contributed by atoms with E-state index >= 15 is 0 Å². The molecule has 7 heteroatoms. The lowest BCUT2D eigenvalue weighted by Gasteiger charge is -2.41. The number of carbonyl (C=O) groups excluding carboxylic acids is 1. The average molecular weight is 423 g/mol. The molecule has 0 radical (unpaired) electrons. The lowest BCUT2D eigenvalue weighted by Crippen LogP contribution is -2.51. The maximum atomic E-state index is 13.2. The molecular formula is C18H19BrN2O3S. The SMILES string of the molecule is CC(=O)N1c2ccc(Br)cc2N(S(=O)(=O)c2ccc(C)cc2)CC1C. The van der Waals surface area contributed by atoms with Crippen molar-refractivity contribution in [2.24, 2.45) is 0 Å². The number of nitrogens with zero attached hydrogens (tertiary/aromatic N) is 2. The van der Waals surface area contributed by atoms with Crippen molar-refractivity contribution >= 4 is 43.2 Å². The van der Waals surface area contributed by atoms with E-state index in [1.165, 1.54) is 11.2 Å². The molecule has 0 aliphatic carbocycles. The highest BCUT2D eigenvalue weighted by Crippen LogP contribution is 2.40. The average Bonchev–Trinajstić information content (AvgIpc) is 2.54. The third-order valence-electron chi connectivity index (χ3n) is 4.28. The van der Waals surface area contributed by atoms with E-state index in [-0.39, 0.29) is 23.4 Å².